The summed E-state index contributed by atoms with van der Waals surface area (Å²) in [4.78, 5) is 6.60. The monoisotopic (exact) mass is 311 g/mol. The van der Waals surface area contributed by atoms with E-state index in [1.165, 1.54) is 6.26 Å². The average molecular weight is 311 g/mol. The van der Waals surface area contributed by atoms with E-state index < -0.39 is 10.0 Å². The Morgan fingerprint density at radius 1 is 1.38 bits per heavy atom. The Morgan fingerprint density at radius 2 is 2.24 bits per heavy atom. The number of likely N-dealkylation sites (tertiary alicyclic amines) is 1. The molecule has 2 fully saturated rings. The predicted molar refractivity (Wildman–Crippen MR) is 79.2 cm³/mol. The van der Waals surface area contributed by atoms with Crippen molar-refractivity contribution in [1.29, 1.82) is 0 Å². The summed E-state index contributed by atoms with van der Waals surface area (Å²) in [6, 6.07) is 5.79. The van der Waals surface area contributed by atoms with Crippen LogP contribution in [0.5, 0.6) is 0 Å². The molecule has 3 rings (SSSR count). The number of piperidine rings is 1. The average Bonchev–Trinajstić information content (AvgIpc) is 2.46. The van der Waals surface area contributed by atoms with Crippen molar-refractivity contribution in [2.75, 3.05) is 32.5 Å². The summed E-state index contributed by atoms with van der Waals surface area (Å²) in [7, 11) is -3.18. The molecule has 7 heteroatoms. The fourth-order valence-electron chi connectivity index (χ4n) is 3.18. The smallest absolute Gasteiger partial charge is 0.211 e. The standard InChI is InChI=1S/C14H21N3O3S/c1-21(18,19)17-8-9-20-14-5-7-16(11-13(14)17)10-12-4-2-3-6-15-12/h2-4,6,13-14H,5,7-11H2,1H3/t13-,14-/m1/s1. The molecule has 1 aromatic heterocycles. The number of nitrogens with zero attached hydrogens (tertiary/aromatic N) is 3. The first kappa shape index (κ1) is 14.9. The van der Waals surface area contributed by atoms with E-state index in [1.807, 2.05) is 18.2 Å². The van der Waals surface area contributed by atoms with Crippen LogP contribution in [0.2, 0.25) is 0 Å². The zero-order chi connectivity index (χ0) is 14.9. The van der Waals surface area contributed by atoms with E-state index in [4.69, 9.17) is 4.74 Å². The summed E-state index contributed by atoms with van der Waals surface area (Å²) in [5.41, 5.74) is 1.01. The highest BCUT2D eigenvalue weighted by atomic mass is 32.2. The van der Waals surface area contributed by atoms with Crippen LogP contribution < -0.4 is 0 Å². The first-order valence-electron chi connectivity index (χ1n) is 7.25. The van der Waals surface area contributed by atoms with Crippen LogP contribution in [0.25, 0.3) is 0 Å². The Bertz CT molecular complexity index is 578. The van der Waals surface area contributed by atoms with Crippen molar-refractivity contribution in [1.82, 2.24) is 14.2 Å². The van der Waals surface area contributed by atoms with Crippen LogP contribution in [0.4, 0.5) is 0 Å². The molecule has 2 aliphatic rings. The molecule has 1 aromatic rings. The van der Waals surface area contributed by atoms with E-state index in [1.54, 1.807) is 10.5 Å². The van der Waals surface area contributed by atoms with Gasteiger partial charge in [0.2, 0.25) is 10.0 Å². The fourth-order valence-corrected chi connectivity index (χ4v) is 4.28. The number of aromatic nitrogens is 1. The van der Waals surface area contributed by atoms with Gasteiger partial charge in [-0.25, -0.2) is 8.42 Å². The summed E-state index contributed by atoms with van der Waals surface area (Å²) in [5, 5.41) is 0. The Morgan fingerprint density at radius 3 is 2.95 bits per heavy atom. The molecule has 0 N–H and O–H groups in total. The quantitative estimate of drug-likeness (QED) is 0.804. The Kier molecular flexibility index (Phi) is 4.26. The highest BCUT2D eigenvalue weighted by Crippen LogP contribution is 2.25. The van der Waals surface area contributed by atoms with E-state index >= 15 is 0 Å². The van der Waals surface area contributed by atoms with Crippen molar-refractivity contribution in [2.24, 2.45) is 0 Å². The minimum atomic E-state index is -3.18. The van der Waals surface area contributed by atoms with Crippen LogP contribution in [0.3, 0.4) is 0 Å². The largest absolute Gasteiger partial charge is 0.375 e. The lowest BCUT2D eigenvalue weighted by Crippen LogP contribution is -2.60. The molecule has 0 aliphatic carbocycles. The van der Waals surface area contributed by atoms with Crippen molar-refractivity contribution in [2.45, 2.75) is 25.1 Å². The van der Waals surface area contributed by atoms with Crippen molar-refractivity contribution in [3.8, 4) is 0 Å². The summed E-state index contributed by atoms with van der Waals surface area (Å²) < 4.78 is 31.3. The summed E-state index contributed by atoms with van der Waals surface area (Å²) in [6.45, 7) is 3.32. The number of fused-ring (bicyclic) bond motifs is 1. The van der Waals surface area contributed by atoms with Gasteiger partial charge in [-0.05, 0) is 18.6 Å². The zero-order valence-electron chi connectivity index (χ0n) is 12.2. The summed E-state index contributed by atoms with van der Waals surface area (Å²) in [6.07, 6.45) is 3.96. The molecule has 0 radical (unpaired) electrons. The topological polar surface area (TPSA) is 62.7 Å². The van der Waals surface area contributed by atoms with Crippen LogP contribution in [0.1, 0.15) is 12.1 Å². The van der Waals surface area contributed by atoms with Gasteiger partial charge in [-0.1, -0.05) is 6.07 Å². The van der Waals surface area contributed by atoms with Gasteiger partial charge in [0.1, 0.15) is 0 Å². The predicted octanol–water partition coefficient (Wildman–Crippen LogP) is 0.316. The van der Waals surface area contributed by atoms with E-state index in [-0.39, 0.29) is 12.1 Å². The molecule has 0 bridgehead atoms. The maximum absolute atomic E-state index is 11.9. The van der Waals surface area contributed by atoms with Crippen LogP contribution in [0, 0.1) is 0 Å². The molecule has 2 aliphatic heterocycles. The molecule has 21 heavy (non-hydrogen) atoms. The Balaban J connectivity index is 1.71. The molecule has 2 atom stereocenters. The van der Waals surface area contributed by atoms with E-state index in [2.05, 4.69) is 9.88 Å². The number of morpholine rings is 1. The second-order valence-corrected chi connectivity index (χ2v) is 7.63. The lowest BCUT2D eigenvalue weighted by molar-refractivity contribution is -0.0769. The summed E-state index contributed by atoms with van der Waals surface area (Å²) in [5.74, 6) is 0. The van der Waals surface area contributed by atoms with Gasteiger partial charge in [-0.2, -0.15) is 4.31 Å². The van der Waals surface area contributed by atoms with Crippen molar-refractivity contribution >= 4 is 10.0 Å². The molecule has 0 spiro atoms. The van der Waals surface area contributed by atoms with Crippen LogP contribution in [-0.4, -0.2) is 67.2 Å². The fraction of sp³-hybridized carbons (Fsp3) is 0.643. The lowest BCUT2D eigenvalue weighted by atomic mass is 10.0. The molecule has 6 nitrogen and oxygen atoms in total. The minimum Gasteiger partial charge on any atom is -0.375 e. The maximum atomic E-state index is 11.9. The van der Waals surface area contributed by atoms with Crippen molar-refractivity contribution in [3.63, 3.8) is 0 Å². The molecule has 2 saturated heterocycles. The highest BCUT2D eigenvalue weighted by Gasteiger charge is 2.40. The van der Waals surface area contributed by atoms with Gasteiger partial charge < -0.3 is 4.74 Å². The van der Waals surface area contributed by atoms with Gasteiger partial charge in [0.15, 0.2) is 0 Å². The number of ether oxygens (including phenoxy) is 1. The summed E-state index contributed by atoms with van der Waals surface area (Å²) >= 11 is 0. The molecule has 0 unspecified atom stereocenters. The first-order chi connectivity index (χ1) is 10.0. The van der Waals surface area contributed by atoms with Gasteiger partial charge in [-0.15, -0.1) is 0 Å². The SMILES string of the molecule is CS(=O)(=O)N1CCO[C@@H]2CCN(Cc3ccccn3)C[C@H]21. The molecule has 0 amide bonds. The van der Waals surface area contributed by atoms with Gasteiger partial charge in [-0.3, -0.25) is 9.88 Å². The zero-order valence-corrected chi connectivity index (χ0v) is 13.0. The van der Waals surface area contributed by atoms with Gasteiger partial charge in [0, 0.05) is 32.4 Å². The van der Waals surface area contributed by atoms with Crippen molar-refractivity contribution < 1.29 is 13.2 Å². The third-order valence-corrected chi connectivity index (χ3v) is 5.46. The highest BCUT2D eigenvalue weighted by molar-refractivity contribution is 7.88. The Hall–Kier alpha value is -1.02. The van der Waals surface area contributed by atoms with E-state index in [9.17, 15) is 8.42 Å². The Labute approximate surface area is 125 Å². The number of pyridine rings is 1. The van der Waals surface area contributed by atoms with Gasteiger partial charge >= 0.3 is 0 Å². The molecule has 3 heterocycles. The lowest BCUT2D eigenvalue weighted by Gasteiger charge is -2.45. The van der Waals surface area contributed by atoms with E-state index in [0.717, 1.165) is 25.2 Å². The normalized spacial score (nSPS) is 28.2. The molecular formula is C14H21N3O3S. The number of hydrogen-bond acceptors (Lipinski definition) is 5. The molecule has 116 valence electrons. The maximum Gasteiger partial charge on any atom is 0.211 e. The van der Waals surface area contributed by atoms with Gasteiger partial charge in [0.05, 0.1) is 30.7 Å². The number of hydrogen-bond donors (Lipinski definition) is 0. The third kappa shape index (κ3) is 3.42. The minimum absolute atomic E-state index is 0.0217. The molecular weight excluding hydrogens is 290 g/mol. The molecule has 0 saturated carbocycles. The van der Waals surface area contributed by atoms with Crippen molar-refractivity contribution in [3.05, 3.63) is 30.1 Å². The second kappa shape index (κ2) is 6.00. The van der Waals surface area contributed by atoms with Crippen LogP contribution in [-0.2, 0) is 21.3 Å². The first-order valence-corrected chi connectivity index (χ1v) is 9.09. The van der Waals surface area contributed by atoms with E-state index in [0.29, 0.717) is 19.7 Å². The third-order valence-electron chi connectivity index (χ3n) is 4.16. The number of sulfonamides is 1. The number of rotatable bonds is 3. The van der Waals surface area contributed by atoms with Crippen LogP contribution >= 0.6 is 0 Å². The van der Waals surface area contributed by atoms with Crippen LogP contribution in [0.15, 0.2) is 24.4 Å². The second-order valence-electron chi connectivity index (χ2n) is 5.70. The molecule has 0 aromatic carbocycles. The van der Waals surface area contributed by atoms with Gasteiger partial charge in [0.25, 0.3) is 0 Å².